The largest absolute Gasteiger partial charge is 0.478 e. The minimum absolute atomic E-state index is 0.0211. The highest BCUT2D eigenvalue weighted by atomic mass is 35.5. The molecule has 0 aliphatic carbocycles. The molecular weight excluding hydrogens is 246 g/mol. The number of carboxylic acids is 1. The highest BCUT2D eigenvalue weighted by Gasteiger charge is 2.26. The summed E-state index contributed by atoms with van der Waals surface area (Å²) < 4.78 is 4.99. The Morgan fingerprint density at radius 2 is 2.24 bits per heavy atom. The number of morpholine rings is 1. The summed E-state index contributed by atoms with van der Waals surface area (Å²) in [6, 6.07) is 4.53. The highest BCUT2D eigenvalue weighted by Crippen LogP contribution is 2.30. The summed E-state index contributed by atoms with van der Waals surface area (Å²) in [6.07, 6.45) is 0. The van der Waals surface area contributed by atoms with Crippen molar-refractivity contribution >= 4 is 29.2 Å². The average molecular weight is 256 g/mol. The van der Waals surface area contributed by atoms with E-state index < -0.39 is 5.97 Å². The van der Waals surface area contributed by atoms with E-state index in [1.165, 1.54) is 11.0 Å². The van der Waals surface area contributed by atoms with Gasteiger partial charge >= 0.3 is 5.97 Å². The first-order valence-electron chi connectivity index (χ1n) is 5.01. The number of nitrogens with zero attached hydrogens (tertiary/aromatic N) is 1. The standard InChI is InChI=1S/C11H10ClNO4/c12-8-3-1-2-7(11(15)16)10(8)13-4-5-17-6-9(13)14/h1-3H,4-6H2,(H,15,16). The Kier molecular flexibility index (Phi) is 3.31. The molecule has 90 valence electrons. The minimum Gasteiger partial charge on any atom is -0.478 e. The normalized spacial score (nSPS) is 16.1. The van der Waals surface area contributed by atoms with Crippen molar-refractivity contribution in [3.05, 3.63) is 28.8 Å². The molecule has 1 heterocycles. The van der Waals surface area contributed by atoms with Crippen LogP contribution < -0.4 is 4.90 Å². The Morgan fingerprint density at radius 1 is 1.47 bits per heavy atom. The quantitative estimate of drug-likeness (QED) is 0.868. The maximum atomic E-state index is 11.7. The SMILES string of the molecule is O=C(O)c1cccc(Cl)c1N1CCOCC1=O. The molecule has 0 spiro atoms. The molecule has 17 heavy (non-hydrogen) atoms. The highest BCUT2D eigenvalue weighted by molar-refractivity contribution is 6.34. The number of ether oxygens (including phenoxy) is 1. The number of benzene rings is 1. The molecule has 1 aliphatic rings. The fourth-order valence-corrected chi connectivity index (χ4v) is 1.99. The zero-order chi connectivity index (χ0) is 12.4. The number of anilines is 1. The van der Waals surface area contributed by atoms with E-state index in [0.29, 0.717) is 13.2 Å². The second-order valence-corrected chi connectivity index (χ2v) is 3.95. The van der Waals surface area contributed by atoms with Crippen LogP contribution in [0.1, 0.15) is 10.4 Å². The lowest BCUT2D eigenvalue weighted by Gasteiger charge is -2.28. The number of aromatic carboxylic acids is 1. The predicted octanol–water partition coefficient (Wildman–Crippen LogP) is 1.40. The van der Waals surface area contributed by atoms with Crippen LogP contribution >= 0.6 is 11.6 Å². The predicted molar refractivity (Wildman–Crippen MR) is 61.6 cm³/mol. The maximum Gasteiger partial charge on any atom is 0.337 e. The Labute approximate surface area is 103 Å². The van der Waals surface area contributed by atoms with E-state index in [-0.39, 0.29) is 28.8 Å². The molecule has 1 aromatic carbocycles. The second kappa shape index (κ2) is 4.73. The molecule has 1 saturated heterocycles. The van der Waals surface area contributed by atoms with Gasteiger partial charge in [0, 0.05) is 6.54 Å². The van der Waals surface area contributed by atoms with Gasteiger partial charge in [0.1, 0.15) is 6.61 Å². The molecule has 5 nitrogen and oxygen atoms in total. The minimum atomic E-state index is -1.11. The van der Waals surface area contributed by atoms with E-state index in [0.717, 1.165) is 0 Å². The van der Waals surface area contributed by atoms with E-state index in [9.17, 15) is 9.59 Å². The summed E-state index contributed by atoms with van der Waals surface area (Å²) in [5, 5.41) is 9.33. The number of halogens is 1. The van der Waals surface area contributed by atoms with Crippen molar-refractivity contribution in [1.29, 1.82) is 0 Å². The van der Waals surface area contributed by atoms with Gasteiger partial charge in [0.25, 0.3) is 5.91 Å². The number of hydrogen-bond donors (Lipinski definition) is 1. The zero-order valence-electron chi connectivity index (χ0n) is 8.85. The van der Waals surface area contributed by atoms with Crippen molar-refractivity contribution in [3.63, 3.8) is 0 Å². The summed E-state index contributed by atoms with van der Waals surface area (Å²) >= 11 is 5.97. The second-order valence-electron chi connectivity index (χ2n) is 3.54. The van der Waals surface area contributed by atoms with E-state index in [1.54, 1.807) is 12.1 Å². The van der Waals surface area contributed by atoms with Gasteiger partial charge in [0.15, 0.2) is 0 Å². The van der Waals surface area contributed by atoms with E-state index in [1.807, 2.05) is 0 Å². The third-order valence-corrected chi connectivity index (χ3v) is 2.78. The number of carboxylic acid groups (broad SMARTS) is 1. The number of hydrogen-bond acceptors (Lipinski definition) is 3. The van der Waals surface area contributed by atoms with Crippen LogP contribution in [0.4, 0.5) is 5.69 Å². The molecule has 1 amide bonds. The molecule has 1 N–H and O–H groups in total. The summed E-state index contributed by atoms with van der Waals surface area (Å²) in [4.78, 5) is 24.1. The van der Waals surface area contributed by atoms with Crippen molar-refractivity contribution in [1.82, 2.24) is 0 Å². The number of para-hydroxylation sites is 1. The molecule has 6 heteroatoms. The monoisotopic (exact) mass is 255 g/mol. The summed E-state index contributed by atoms with van der Waals surface area (Å²) in [5.74, 6) is -1.39. The van der Waals surface area contributed by atoms with Gasteiger partial charge in [-0.25, -0.2) is 4.79 Å². The Hall–Kier alpha value is -1.59. The Morgan fingerprint density at radius 3 is 2.88 bits per heavy atom. The summed E-state index contributed by atoms with van der Waals surface area (Å²) in [5.41, 5.74) is 0.266. The first-order chi connectivity index (χ1) is 8.11. The summed E-state index contributed by atoms with van der Waals surface area (Å²) in [7, 11) is 0. The van der Waals surface area contributed by atoms with Gasteiger partial charge in [-0.1, -0.05) is 17.7 Å². The van der Waals surface area contributed by atoms with Crippen molar-refractivity contribution in [3.8, 4) is 0 Å². The van der Waals surface area contributed by atoms with Gasteiger partial charge in [-0.05, 0) is 12.1 Å². The van der Waals surface area contributed by atoms with Gasteiger partial charge in [0.2, 0.25) is 0 Å². The van der Waals surface area contributed by atoms with Crippen LogP contribution in [0, 0.1) is 0 Å². The molecule has 1 aliphatic heterocycles. The number of amides is 1. The van der Waals surface area contributed by atoms with Crippen molar-refractivity contribution in [2.45, 2.75) is 0 Å². The number of rotatable bonds is 2. The molecule has 0 radical (unpaired) electrons. The van der Waals surface area contributed by atoms with Gasteiger partial charge in [-0.2, -0.15) is 0 Å². The van der Waals surface area contributed by atoms with Crippen LogP contribution in [0.15, 0.2) is 18.2 Å². The lowest BCUT2D eigenvalue weighted by atomic mass is 10.1. The lowest BCUT2D eigenvalue weighted by molar-refractivity contribution is -0.125. The fourth-order valence-electron chi connectivity index (χ4n) is 1.72. The zero-order valence-corrected chi connectivity index (χ0v) is 9.61. The van der Waals surface area contributed by atoms with Crippen molar-refractivity contribution in [2.75, 3.05) is 24.7 Å². The Bertz CT molecular complexity index is 475. The molecular formula is C11H10ClNO4. The van der Waals surface area contributed by atoms with Crippen LogP contribution in [0.3, 0.4) is 0 Å². The lowest BCUT2D eigenvalue weighted by Crippen LogP contribution is -2.42. The van der Waals surface area contributed by atoms with Crippen LogP contribution in [0.5, 0.6) is 0 Å². The topological polar surface area (TPSA) is 66.8 Å². The van der Waals surface area contributed by atoms with Gasteiger partial charge in [-0.3, -0.25) is 4.79 Å². The Balaban J connectivity index is 2.49. The number of carbonyl (C=O) groups excluding carboxylic acids is 1. The van der Waals surface area contributed by atoms with Crippen LogP contribution in [0.25, 0.3) is 0 Å². The number of carbonyl (C=O) groups is 2. The van der Waals surface area contributed by atoms with E-state index >= 15 is 0 Å². The van der Waals surface area contributed by atoms with Gasteiger partial charge in [0.05, 0.1) is 22.9 Å². The third-order valence-electron chi connectivity index (χ3n) is 2.47. The summed E-state index contributed by atoms with van der Waals surface area (Å²) in [6.45, 7) is 0.628. The van der Waals surface area contributed by atoms with Crippen LogP contribution in [-0.2, 0) is 9.53 Å². The third kappa shape index (κ3) is 2.25. The first-order valence-corrected chi connectivity index (χ1v) is 5.39. The molecule has 0 saturated carbocycles. The molecule has 2 rings (SSSR count). The van der Waals surface area contributed by atoms with E-state index in [2.05, 4.69) is 0 Å². The van der Waals surface area contributed by atoms with E-state index in [4.69, 9.17) is 21.4 Å². The van der Waals surface area contributed by atoms with Crippen molar-refractivity contribution < 1.29 is 19.4 Å². The molecule has 0 bridgehead atoms. The molecule has 1 aromatic rings. The maximum absolute atomic E-state index is 11.7. The van der Waals surface area contributed by atoms with Crippen molar-refractivity contribution in [2.24, 2.45) is 0 Å². The molecule has 0 atom stereocenters. The average Bonchev–Trinajstić information content (AvgIpc) is 2.30. The molecule has 0 aromatic heterocycles. The van der Waals surface area contributed by atoms with Crippen LogP contribution in [0.2, 0.25) is 5.02 Å². The van der Waals surface area contributed by atoms with Gasteiger partial charge in [-0.15, -0.1) is 0 Å². The molecule has 0 unspecified atom stereocenters. The molecule has 1 fully saturated rings. The first kappa shape index (κ1) is 11.9. The fraction of sp³-hybridized carbons (Fsp3) is 0.273. The van der Waals surface area contributed by atoms with Gasteiger partial charge < -0.3 is 14.7 Å². The van der Waals surface area contributed by atoms with Crippen LogP contribution in [-0.4, -0.2) is 36.7 Å². The smallest absolute Gasteiger partial charge is 0.337 e.